The van der Waals surface area contributed by atoms with Crippen LogP contribution in [-0.2, 0) is 11.2 Å². The van der Waals surface area contributed by atoms with E-state index in [2.05, 4.69) is 15.5 Å². The zero-order chi connectivity index (χ0) is 14.5. The monoisotopic (exact) mass is 291 g/mol. The first-order chi connectivity index (χ1) is 9.58. The van der Waals surface area contributed by atoms with Gasteiger partial charge in [-0.2, -0.15) is 0 Å². The minimum atomic E-state index is -0.0884. The van der Waals surface area contributed by atoms with Gasteiger partial charge in [0.2, 0.25) is 11.8 Å². The molecule has 1 aromatic heterocycles. The van der Waals surface area contributed by atoms with Crippen molar-refractivity contribution in [3.63, 3.8) is 0 Å². The minimum Gasteiger partial charge on any atom is -0.416 e. The van der Waals surface area contributed by atoms with E-state index in [-0.39, 0.29) is 11.7 Å². The van der Waals surface area contributed by atoms with Crippen molar-refractivity contribution in [2.75, 3.05) is 11.1 Å². The molecule has 1 N–H and O–H groups in total. The fourth-order valence-electron chi connectivity index (χ4n) is 1.58. The summed E-state index contributed by atoms with van der Waals surface area (Å²) < 4.78 is 5.33. The average molecular weight is 291 g/mol. The van der Waals surface area contributed by atoms with Gasteiger partial charge in [-0.15, -0.1) is 10.2 Å². The summed E-state index contributed by atoms with van der Waals surface area (Å²) in [5.41, 5.74) is 3.16. The van der Waals surface area contributed by atoms with E-state index in [1.54, 1.807) is 0 Å². The summed E-state index contributed by atoms with van der Waals surface area (Å²) in [7, 11) is 0. The molecule has 0 aliphatic heterocycles. The quantitative estimate of drug-likeness (QED) is 0.858. The molecule has 0 radical (unpaired) electrons. The lowest BCUT2D eigenvalue weighted by molar-refractivity contribution is -0.113. The number of aryl methyl sites for hydroxylation is 3. The first-order valence-electron chi connectivity index (χ1n) is 6.40. The van der Waals surface area contributed by atoms with Crippen molar-refractivity contribution >= 4 is 23.4 Å². The summed E-state index contributed by atoms with van der Waals surface area (Å²) in [6, 6.07) is 5.84. The number of carbonyl (C=O) groups excluding carboxylic acids is 1. The van der Waals surface area contributed by atoms with E-state index in [1.165, 1.54) is 17.3 Å². The van der Waals surface area contributed by atoms with Gasteiger partial charge in [-0.05, 0) is 37.1 Å². The maximum absolute atomic E-state index is 11.8. The van der Waals surface area contributed by atoms with Crippen LogP contribution in [0.4, 0.5) is 5.69 Å². The number of benzene rings is 1. The fraction of sp³-hybridized carbons (Fsp3) is 0.357. The van der Waals surface area contributed by atoms with E-state index < -0.39 is 0 Å². The van der Waals surface area contributed by atoms with E-state index in [1.807, 2.05) is 39.0 Å². The summed E-state index contributed by atoms with van der Waals surface area (Å²) in [4.78, 5) is 11.8. The predicted octanol–water partition coefficient (Wildman–Crippen LogP) is 2.98. The Labute approximate surface area is 122 Å². The summed E-state index contributed by atoms with van der Waals surface area (Å²) in [6.45, 7) is 6.00. The van der Waals surface area contributed by atoms with Gasteiger partial charge in [-0.3, -0.25) is 4.79 Å². The van der Waals surface area contributed by atoms with Crippen molar-refractivity contribution in [1.82, 2.24) is 10.2 Å². The number of hydrogen-bond donors (Lipinski definition) is 1. The van der Waals surface area contributed by atoms with Crippen LogP contribution in [0.5, 0.6) is 0 Å². The number of hydrogen-bond acceptors (Lipinski definition) is 5. The van der Waals surface area contributed by atoms with E-state index in [0.717, 1.165) is 11.3 Å². The van der Waals surface area contributed by atoms with Gasteiger partial charge in [0.15, 0.2) is 0 Å². The SMILES string of the molecule is CCc1nnc(SCC(=O)Nc2ccc(C)c(C)c2)o1. The van der Waals surface area contributed by atoms with Crippen LogP contribution < -0.4 is 5.32 Å². The predicted molar refractivity (Wildman–Crippen MR) is 78.9 cm³/mol. The second-order valence-corrected chi connectivity index (χ2v) is 5.38. The van der Waals surface area contributed by atoms with Crippen molar-refractivity contribution in [2.45, 2.75) is 32.4 Å². The van der Waals surface area contributed by atoms with Crippen LogP contribution >= 0.6 is 11.8 Å². The van der Waals surface area contributed by atoms with Crippen molar-refractivity contribution < 1.29 is 9.21 Å². The molecule has 2 rings (SSSR count). The van der Waals surface area contributed by atoms with Crippen molar-refractivity contribution in [1.29, 1.82) is 0 Å². The lowest BCUT2D eigenvalue weighted by atomic mass is 10.1. The molecule has 2 aromatic rings. The van der Waals surface area contributed by atoms with Crippen LogP contribution in [-0.4, -0.2) is 21.9 Å². The van der Waals surface area contributed by atoms with E-state index in [9.17, 15) is 4.79 Å². The van der Waals surface area contributed by atoms with Gasteiger partial charge in [0.25, 0.3) is 5.22 Å². The third-order valence-corrected chi connectivity index (χ3v) is 3.69. The summed E-state index contributed by atoms with van der Waals surface area (Å²) in [5.74, 6) is 0.745. The van der Waals surface area contributed by atoms with E-state index in [4.69, 9.17) is 4.42 Å². The third-order valence-electron chi connectivity index (χ3n) is 2.87. The molecule has 0 fully saturated rings. The first kappa shape index (κ1) is 14.6. The normalized spacial score (nSPS) is 10.6. The van der Waals surface area contributed by atoms with Gasteiger partial charge in [0.1, 0.15) is 0 Å². The Bertz CT molecular complexity index is 610. The molecule has 106 valence electrons. The Morgan fingerprint density at radius 3 is 2.75 bits per heavy atom. The molecule has 5 nitrogen and oxygen atoms in total. The van der Waals surface area contributed by atoms with Gasteiger partial charge >= 0.3 is 0 Å². The molecule has 1 aromatic carbocycles. The van der Waals surface area contributed by atoms with Gasteiger partial charge in [-0.1, -0.05) is 24.8 Å². The molecule has 1 amide bonds. The number of carbonyl (C=O) groups is 1. The number of thioether (sulfide) groups is 1. The zero-order valence-corrected chi connectivity index (χ0v) is 12.6. The van der Waals surface area contributed by atoms with Crippen molar-refractivity contribution in [3.05, 3.63) is 35.2 Å². The molecular formula is C14H17N3O2S. The Hall–Kier alpha value is -1.82. The van der Waals surface area contributed by atoms with Gasteiger partial charge < -0.3 is 9.73 Å². The molecule has 0 saturated carbocycles. The summed E-state index contributed by atoms with van der Waals surface area (Å²) in [5, 5.41) is 11.0. The van der Waals surface area contributed by atoms with Gasteiger partial charge in [-0.25, -0.2) is 0 Å². The highest BCUT2D eigenvalue weighted by molar-refractivity contribution is 7.99. The number of anilines is 1. The minimum absolute atomic E-state index is 0.0884. The highest BCUT2D eigenvalue weighted by Crippen LogP contribution is 2.18. The number of nitrogens with one attached hydrogen (secondary N) is 1. The fourth-order valence-corrected chi connectivity index (χ4v) is 2.16. The number of nitrogens with zero attached hydrogens (tertiary/aromatic N) is 2. The molecule has 0 aliphatic carbocycles. The highest BCUT2D eigenvalue weighted by atomic mass is 32.2. The lowest BCUT2D eigenvalue weighted by Gasteiger charge is -2.06. The smallest absolute Gasteiger partial charge is 0.277 e. The van der Waals surface area contributed by atoms with Crippen LogP contribution in [0.25, 0.3) is 0 Å². The second-order valence-electron chi connectivity index (χ2n) is 4.45. The second kappa shape index (κ2) is 6.56. The Morgan fingerprint density at radius 2 is 2.10 bits per heavy atom. The van der Waals surface area contributed by atoms with E-state index >= 15 is 0 Å². The number of amides is 1. The topological polar surface area (TPSA) is 68.0 Å². The maximum atomic E-state index is 11.8. The largest absolute Gasteiger partial charge is 0.416 e. The standard InChI is InChI=1S/C14H17N3O2S/c1-4-13-16-17-14(19-13)20-8-12(18)15-11-6-5-9(2)10(3)7-11/h5-7H,4,8H2,1-3H3,(H,15,18). The van der Waals surface area contributed by atoms with Crippen LogP contribution in [0.2, 0.25) is 0 Å². The molecule has 0 aliphatic rings. The third kappa shape index (κ3) is 3.84. The number of aromatic nitrogens is 2. The first-order valence-corrected chi connectivity index (χ1v) is 7.39. The summed E-state index contributed by atoms with van der Waals surface area (Å²) in [6.07, 6.45) is 0.697. The van der Waals surface area contributed by atoms with Crippen LogP contribution in [0.1, 0.15) is 23.9 Å². The zero-order valence-electron chi connectivity index (χ0n) is 11.8. The molecule has 0 spiro atoms. The lowest BCUT2D eigenvalue weighted by Crippen LogP contribution is -2.14. The molecule has 1 heterocycles. The molecule has 6 heteroatoms. The molecule has 0 saturated heterocycles. The van der Waals surface area contributed by atoms with E-state index in [0.29, 0.717) is 17.5 Å². The Kier molecular flexibility index (Phi) is 4.79. The van der Waals surface area contributed by atoms with Gasteiger partial charge in [0.05, 0.1) is 5.75 Å². The van der Waals surface area contributed by atoms with Crippen molar-refractivity contribution in [2.24, 2.45) is 0 Å². The van der Waals surface area contributed by atoms with Crippen LogP contribution in [0.15, 0.2) is 27.8 Å². The highest BCUT2D eigenvalue weighted by Gasteiger charge is 2.09. The van der Waals surface area contributed by atoms with Gasteiger partial charge in [0, 0.05) is 12.1 Å². The van der Waals surface area contributed by atoms with Crippen molar-refractivity contribution in [3.8, 4) is 0 Å². The Balaban J connectivity index is 1.87. The molecular weight excluding hydrogens is 274 g/mol. The molecule has 20 heavy (non-hydrogen) atoms. The average Bonchev–Trinajstić information content (AvgIpc) is 2.89. The molecule has 0 unspecified atom stereocenters. The van der Waals surface area contributed by atoms with Crippen LogP contribution in [0.3, 0.4) is 0 Å². The van der Waals surface area contributed by atoms with Crippen LogP contribution in [0, 0.1) is 13.8 Å². The molecule has 0 bridgehead atoms. The number of rotatable bonds is 5. The maximum Gasteiger partial charge on any atom is 0.277 e. The summed E-state index contributed by atoms with van der Waals surface area (Å²) >= 11 is 1.24. The Morgan fingerprint density at radius 1 is 1.30 bits per heavy atom. The molecule has 0 atom stereocenters.